The highest BCUT2D eigenvalue weighted by Gasteiger charge is 2.53. The summed E-state index contributed by atoms with van der Waals surface area (Å²) in [7, 11) is 2.26. The van der Waals surface area contributed by atoms with Crippen molar-refractivity contribution in [2.75, 3.05) is 18.9 Å². The standard InChI is InChI=1S/C23H26F3N3/c1-29-11-9-22-8-3-2-4-18(22)20(29)12-15-5-6-16(13-19(15)22)28-17-7-10-27-21(14-17)23(24,25)26/h5-7,10,13-14,18,20H,2-4,8-9,11-12H2,1H3,(H,27,28)/t18-,20+,22+/m0/s1. The van der Waals surface area contributed by atoms with Crippen LogP contribution in [0.5, 0.6) is 0 Å². The van der Waals surface area contributed by atoms with Crippen LogP contribution in [0.2, 0.25) is 0 Å². The second-order valence-electron chi connectivity index (χ2n) is 8.93. The minimum absolute atomic E-state index is 0.232. The van der Waals surface area contributed by atoms with Gasteiger partial charge in [0, 0.05) is 29.0 Å². The summed E-state index contributed by atoms with van der Waals surface area (Å²) in [4.78, 5) is 5.99. The predicted molar refractivity (Wildman–Crippen MR) is 107 cm³/mol. The number of likely N-dealkylation sites (tertiary alicyclic amines) is 1. The second-order valence-corrected chi connectivity index (χ2v) is 8.93. The number of halogens is 3. The molecular weight excluding hydrogens is 375 g/mol. The number of rotatable bonds is 2. The summed E-state index contributed by atoms with van der Waals surface area (Å²) in [6, 6.07) is 9.67. The number of hydrogen-bond acceptors (Lipinski definition) is 3. The number of nitrogens with zero attached hydrogens (tertiary/aromatic N) is 2. The SMILES string of the molecule is CN1CC[C@]23CCCC[C@H]2[C@H]1Cc1ccc(Nc2ccnc(C(F)(F)F)c2)cc13. The van der Waals surface area contributed by atoms with E-state index in [9.17, 15) is 13.2 Å². The Morgan fingerprint density at radius 2 is 1.93 bits per heavy atom. The van der Waals surface area contributed by atoms with E-state index in [2.05, 4.69) is 34.4 Å². The van der Waals surface area contributed by atoms with Crippen molar-refractivity contribution < 1.29 is 13.2 Å². The molecule has 154 valence electrons. The Hall–Kier alpha value is -2.08. The summed E-state index contributed by atoms with van der Waals surface area (Å²) in [5, 5.41) is 3.19. The van der Waals surface area contributed by atoms with E-state index in [4.69, 9.17) is 0 Å². The highest BCUT2D eigenvalue weighted by atomic mass is 19.4. The fourth-order valence-corrected chi connectivity index (χ4v) is 6.10. The minimum Gasteiger partial charge on any atom is -0.355 e. The molecule has 6 heteroatoms. The van der Waals surface area contributed by atoms with Crippen LogP contribution in [-0.2, 0) is 18.0 Å². The Labute approximate surface area is 169 Å². The molecule has 5 rings (SSSR count). The third-order valence-corrected chi connectivity index (χ3v) is 7.45. The van der Waals surface area contributed by atoms with Crippen molar-refractivity contribution >= 4 is 11.4 Å². The zero-order chi connectivity index (χ0) is 20.2. The molecule has 29 heavy (non-hydrogen) atoms. The van der Waals surface area contributed by atoms with E-state index in [0.29, 0.717) is 17.6 Å². The zero-order valence-electron chi connectivity index (χ0n) is 16.6. The Morgan fingerprint density at radius 1 is 1.10 bits per heavy atom. The van der Waals surface area contributed by atoms with Crippen LogP contribution >= 0.6 is 0 Å². The van der Waals surface area contributed by atoms with Crippen molar-refractivity contribution in [3.05, 3.63) is 53.3 Å². The van der Waals surface area contributed by atoms with Gasteiger partial charge in [-0.2, -0.15) is 13.2 Å². The lowest BCUT2D eigenvalue weighted by Crippen LogP contribution is -2.59. The average Bonchev–Trinajstić information content (AvgIpc) is 2.71. The molecule has 1 aromatic heterocycles. The average molecular weight is 401 g/mol. The van der Waals surface area contributed by atoms with Crippen molar-refractivity contribution in [1.82, 2.24) is 9.88 Å². The Balaban J connectivity index is 1.51. The molecule has 2 bridgehead atoms. The van der Waals surface area contributed by atoms with Crippen LogP contribution in [0.1, 0.15) is 48.9 Å². The third-order valence-electron chi connectivity index (χ3n) is 7.45. The lowest BCUT2D eigenvalue weighted by atomic mass is 9.52. The van der Waals surface area contributed by atoms with E-state index >= 15 is 0 Å². The summed E-state index contributed by atoms with van der Waals surface area (Å²) in [6.45, 7) is 1.12. The maximum Gasteiger partial charge on any atom is 0.433 e. The van der Waals surface area contributed by atoms with Crippen molar-refractivity contribution in [3.8, 4) is 0 Å². The van der Waals surface area contributed by atoms with Gasteiger partial charge in [-0.3, -0.25) is 4.98 Å². The van der Waals surface area contributed by atoms with Crippen LogP contribution in [0.15, 0.2) is 36.5 Å². The summed E-state index contributed by atoms with van der Waals surface area (Å²) >= 11 is 0. The molecule has 1 aromatic carbocycles. The van der Waals surface area contributed by atoms with Crippen LogP contribution in [0.25, 0.3) is 0 Å². The van der Waals surface area contributed by atoms with Crippen LogP contribution < -0.4 is 5.32 Å². The van der Waals surface area contributed by atoms with Gasteiger partial charge in [0.05, 0.1) is 0 Å². The first-order valence-corrected chi connectivity index (χ1v) is 10.5. The molecule has 2 aromatic rings. The number of likely N-dealkylation sites (N-methyl/N-ethyl adjacent to an activating group) is 1. The van der Waals surface area contributed by atoms with Gasteiger partial charge in [-0.1, -0.05) is 18.9 Å². The van der Waals surface area contributed by atoms with Crippen LogP contribution in [-0.4, -0.2) is 29.5 Å². The Bertz CT molecular complexity index is 926. The molecule has 3 atom stereocenters. The highest BCUT2D eigenvalue weighted by molar-refractivity contribution is 5.62. The molecule has 0 amide bonds. The topological polar surface area (TPSA) is 28.2 Å². The van der Waals surface area contributed by atoms with E-state index in [0.717, 1.165) is 24.7 Å². The summed E-state index contributed by atoms with van der Waals surface area (Å²) < 4.78 is 39.0. The summed E-state index contributed by atoms with van der Waals surface area (Å²) in [5.41, 5.74) is 3.49. The first-order valence-electron chi connectivity index (χ1n) is 10.5. The van der Waals surface area contributed by atoms with Gasteiger partial charge < -0.3 is 10.2 Å². The Morgan fingerprint density at radius 3 is 2.76 bits per heavy atom. The maximum absolute atomic E-state index is 13.0. The number of piperidine rings is 1. The van der Waals surface area contributed by atoms with Crippen molar-refractivity contribution in [2.45, 2.75) is 56.2 Å². The van der Waals surface area contributed by atoms with Gasteiger partial charge in [0.25, 0.3) is 0 Å². The second kappa shape index (κ2) is 6.73. The van der Waals surface area contributed by atoms with E-state index in [1.54, 1.807) is 6.07 Å². The first-order chi connectivity index (χ1) is 13.9. The number of pyridine rings is 1. The van der Waals surface area contributed by atoms with Crippen molar-refractivity contribution in [2.24, 2.45) is 5.92 Å². The normalized spacial score (nSPS) is 29.1. The largest absolute Gasteiger partial charge is 0.433 e. The third kappa shape index (κ3) is 3.12. The minimum atomic E-state index is -4.44. The number of anilines is 2. The molecule has 2 aliphatic carbocycles. The first kappa shape index (κ1) is 18.9. The van der Waals surface area contributed by atoms with Gasteiger partial charge >= 0.3 is 6.18 Å². The molecule has 2 fully saturated rings. The predicted octanol–water partition coefficient (Wildman–Crippen LogP) is 5.53. The fraction of sp³-hybridized carbons (Fsp3) is 0.522. The number of nitrogens with one attached hydrogen (secondary N) is 1. The van der Waals surface area contributed by atoms with Crippen molar-refractivity contribution in [1.29, 1.82) is 0 Å². The molecule has 1 saturated heterocycles. The molecule has 2 heterocycles. The van der Waals surface area contributed by atoms with E-state index < -0.39 is 11.9 Å². The zero-order valence-corrected chi connectivity index (χ0v) is 16.6. The summed E-state index contributed by atoms with van der Waals surface area (Å²) in [5.74, 6) is 0.690. The molecule has 1 N–H and O–H groups in total. The molecular formula is C23H26F3N3. The maximum atomic E-state index is 13.0. The number of benzene rings is 1. The lowest BCUT2D eigenvalue weighted by Gasteiger charge is -2.58. The van der Waals surface area contributed by atoms with Gasteiger partial charge in [-0.25, -0.2) is 0 Å². The monoisotopic (exact) mass is 401 g/mol. The van der Waals surface area contributed by atoms with E-state index in [-0.39, 0.29) is 5.41 Å². The highest BCUT2D eigenvalue weighted by Crippen LogP contribution is 2.55. The van der Waals surface area contributed by atoms with Gasteiger partial charge in [0.2, 0.25) is 0 Å². The van der Waals surface area contributed by atoms with Gasteiger partial charge in [-0.15, -0.1) is 0 Å². The van der Waals surface area contributed by atoms with Crippen LogP contribution in [0.4, 0.5) is 24.5 Å². The Kier molecular flexibility index (Phi) is 4.39. The number of fused-ring (bicyclic) bond motifs is 1. The van der Waals surface area contributed by atoms with Crippen LogP contribution in [0.3, 0.4) is 0 Å². The lowest BCUT2D eigenvalue weighted by molar-refractivity contribution is -0.141. The molecule has 0 radical (unpaired) electrons. The molecule has 0 spiro atoms. The smallest absolute Gasteiger partial charge is 0.355 e. The fourth-order valence-electron chi connectivity index (χ4n) is 6.10. The van der Waals surface area contributed by atoms with E-state index in [1.165, 1.54) is 49.4 Å². The number of aromatic nitrogens is 1. The van der Waals surface area contributed by atoms with Gasteiger partial charge in [-0.05, 0) is 80.6 Å². The van der Waals surface area contributed by atoms with Gasteiger partial charge in [0.1, 0.15) is 5.69 Å². The molecule has 1 saturated carbocycles. The molecule has 3 aliphatic rings. The summed E-state index contributed by atoms with van der Waals surface area (Å²) in [6.07, 6.45) is 4.11. The van der Waals surface area contributed by atoms with Crippen LogP contribution in [0, 0.1) is 5.92 Å². The van der Waals surface area contributed by atoms with Gasteiger partial charge in [0.15, 0.2) is 0 Å². The number of hydrogen-bond donors (Lipinski definition) is 1. The molecule has 0 unspecified atom stereocenters. The molecule has 3 nitrogen and oxygen atoms in total. The molecule has 1 aliphatic heterocycles. The van der Waals surface area contributed by atoms with Crippen molar-refractivity contribution in [3.63, 3.8) is 0 Å². The quantitative estimate of drug-likeness (QED) is 0.717. The van der Waals surface area contributed by atoms with E-state index in [1.807, 2.05) is 6.07 Å². The number of alkyl halides is 3.